The van der Waals surface area contributed by atoms with Crippen LogP contribution in [-0.2, 0) is 22.7 Å². The highest BCUT2D eigenvalue weighted by Crippen LogP contribution is 2.19. The fourth-order valence-electron chi connectivity index (χ4n) is 2.27. The lowest BCUT2D eigenvalue weighted by molar-refractivity contribution is 0.0886. The second kappa shape index (κ2) is 17.6. The highest BCUT2D eigenvalue weighted by atomic mass is 35.5. The molecule has 2 aromatic carbocycles. The first kappa shape index (κ1) is 34.2. The van der Waals surface area contributed by atoms with Gasteiger partial charge in [0.25, 0.3) is 0 Å². The molecular formula is C28H41ClO8. The molecular weight excluding hydrogens is 500 g/mol. The van der Waals surface area contributed by atoms with Crippen molar-refractivity contribution in [3.8, 4) is 11.5 Å². The number of aliphatic hydroxyl groups excluding tert-OH is 2. The van der Waals surface area contributed by atoms with Gasteiger partial charge in [-0.05, 0) is 59.1 Å². The summed E-state index contributed by atoms with van der Waals surface area (Å²) < 4.78 is 14.5. The number of carbonyl (C=O) groups excluding carboxylic acids is 2. The Bertz CT molecular complexity index is 898. The average Bonchev–Trinajstić information content (AvgIpc) is 2.79. The van der Waals surface area contributed by atoms with Crippen molar-refractivity contribution in [2.75, 3.05) is 13.2 Å². The van der Waals surface area contributed by atoms with Gasteiger partial charge in [-0.25, -0.2) is 9.59 Å². The zero-order valence-corrected chi connectivity index (χ0v) is 23.4. The maximum absolute atomic E-state index is 11.4. The fourth-order valence-corrected chi connectivity index (χ4v) is 2.35. The van der Waals surface area contributed by atoms with E-state index in [9.17, 15) is 9.59 Å². The number of ether oxygens (including phenoxy) is 3. The van der Waals surface area contributed by atoms with Crippen LogP contribution < -0.4 is 4.74 Å². The molecule has 0 fully saturated rings. The van der Waals surface area contributed by atoms with E-state index >= 15 is 0 Å². The molecule has 208 valence electrons. The van der Waals surface area contributed by atoms with Gasteiger partial charge in [0.15, 0.2) is 0 Å². The van der Waals surface area contributed by atoms with E-state index in [1.807, 2.05) is 0 Å². The number of phenols is 1. The summed E-state index contributed by atoms with van der Waals surface area (Å²) in [5.74, 6) is 0.639. The molecule has 0 amide bonds. The molecule has 37 heavy (non-hydrogen) atoms. The van der Waals surface area contributed by atoms with Crippen molar-refractivity contribution in [3.05, 3.63) is 59.7 Å². The average molecular weight is 541 g/mol. The summed E-state index contributed by atoms with van der Waals surface area (Å²) in [5.41, 5.74) is 1.19. The van der Waals surface area contributed by atoms with Gasteiger partial charge in [-0.2, -0.15) is 0 Å². The zero-order chi connectivity index (χ0) is 28.5. The zero-order valence-electron chi connectivity index (χ0n) is 22.6. The molecule has 0 aromatic heterocycles. The second-order valence-electron chi connectivity index (χ2n) is 10.5. The van der Waals surface area contributed by atoms with Gasteiger partial charge in [0.2, 0.25) is 0 Å². The van der Waals surface area contributed by atoms with Crippen molar-refractivity contribution in [2.24, 2.45) is 10.8 Å². The van der Waals surface area contributed by atoms with Crippen molar-refractivity contribution < 1.29 is 39.1 Å². The molecule has 8 nitrogen and oxygen atoms in total. The standard InChI is InChI=1S/C14H20O4.C7H13ClO2.C7H8O2/c1-14(2,3)8-9-17-13(16)18-12-6-4-11(10-15)5-7-12;1-7(2,3)4-5-10-6(8)9;8-5-6-1-3-7(9)4-2-6/h4-7,15H,8-10H2,1-3H3;4-5H2,1-3H3;1-4,8-9H,5H2. The Labute approximate surface area is 225 Å². The quantitative estimate of drug-likeness (QED) is 0.199. The van der Waals surface area contributed by atoms with E-state index in [2.05, 4.69) is 46.3 Å². The molecule has 0 aliphatic rings. The summed E-state index contributed by atoms with van der Waals surface area (Å²) in [7, 11) is 0. The van der Waals surface area contributed by atoms with E-state index in [1.165, 1.54) is 0 Å². The molecule has 0 bridgehead atoms. The van der Waals surface area contributed by atoms with Crippen molar-refractivity contribution in [1.82, 2.24) is 0 Å². The highest BCUT2D eigenvalue weighted by molar-refractivity contribution is 6.61. The van der Waals surface area contributed by atoms with Gasteiger partial charge >= 0.3 is 11.6 Å². The Kier molecular flexibility index (Phi) is 16.3. The van der Waals surface area contributed by atoms with Gasteiger partial charge in [0.05, 0.1) is 26.4 Å². The lowest BCUT2D eigenvalue weighted by atomic mass is 9.93. The van der Waals surface area contributed by atoms with Crippen molar-refractivity contribution in [2.45, 2.75) is 67.6 Å². The first-order valence-electron chi connectivity index (χ1n) is 11.9. The highest BCUT2D eigenvalue weighted by Gasteiger charge is 2.13. The van der Waals surface area contributed by atoms with Gasteiger partial charge in [-0.3, -0.25) is 0 Å². The van der Waals surface area contributed by atoms with Gasteiger partial charge in [-0.15, -0.1) is 0 Å². The first-order valence-corrected chi connectivity index (χ1v) is 12.3. The van der Waals surface area contributed by atoms with Crippen LogP contribution >= 0.6 is 11.6 Å². The number of benzene rings is 2. The maximum Gasteiger partial charge on any atom is 0.513 e. The fraction of sp³-hybridized carbons (Fsp3) is 0.500. The Hall–Kier alpha value is -2.81. The van der Waals surface area contributed by atoms with Crippen LogP contribution in [0.15, 0.2) is 48.5 Å². The molecule has 0 saturated heterocycles. The van der Waals surface area contributed by atoms with Crippen LogP contribution in [0.25, 0.3) is 0 Å². The summed E-state index contributed by atoms with van der Waals surface area (Å²) in [4.78, 5) is 21.4. The molecule has 0 atom stereocenters. The predicted molar refractivity (Wildman–Crippen MR) is 144 cm³/mol. The number of phenolic OH excluding ortho intramolecular Hbond substituents is 1. The number of aliphatic hydroxyl groups is 2. The van der Waals surface area contributed by atoms with E-state index in [-0.39, 0.29) is 29.8 Å². The molecule has 2 rings (SSSR count). The van der Waals surface area contributed by atoms with Crippen LogP contribution in [0.1, 0.15) is 65.5 Å². The number of halogens is 1. The third-order valence-corrected chi connectivity index (χ3v) is 4.67. The van der Waals surface area contributed by atoms with E-state index in [1.54, 1.807) is 48.5 Å². The van der Waals surface area contributed by atoms with Crippen molar-refractivity contribution in [3.63, 3.8) is 0 Å². The SMILES string of the molecule is CC(C)(C)CCOC(=O)Cl.CC(C)(C)CCOC(=O)Oc1ccc(CO)cc1.OCc1ccc(O)cc1. The number of hydrogen-bond acceptors (Lipinski definition) is 8. The van der Waals surface area contributed by atoms with Crippen molar-refractivity contribution in [1.29, 1.82) is 0 Å². The van der Waals surface area contributed by atoms with Crippen LogP contribution in [0.4, 0.5) is 9.59 Å². The van der Waals surface area contributed by atoms with E-state index < -0.39 is 11.6 Å². The molecule has 0 heterocycles. The van der Waals surface area contributed by atoms with Crippen LogP contribution in [0.3, 0.4) is 0 Å². The van der Waals surface area contributed by atoms with Crippen molar-refractivity contribution >= 4 is 23.2 Å². The number of carbonyl (C=O) groups is 2. The normalized spacial score (nSPS) is 10.7. The summed E-state index contributed by atoms with van der Waals surface area (Å²) in [6.07, 6.45) is 0.924. The maximum atomic E-state index is 11.4. The lowest BCUT2D eigenvalue weighted by Crippen LogP contribution is -2.15. The molecule has 0 spiro atoms. The van der Waals surface area contributed by atoms with Gasteiger partial charge in [-0.1, -0.05) is 65.8 Å². The third-order valence-electron chi connectivity index (χ3n) is 4.57. The molecule has 0 radical (unpaired) electrons. The van der Waals surface area contributed by atoms with Crippen LogP contribution in [0, 0.1) is 10.8 Å². The van der Waals surface area contributed by atoms with E-state index in [4.69, 9.17) is 36.4 Å². The topological polar surface area (TPSA) is 123 Å². The number of rotatable bonds is 7. The van der Waals surface area contributed by atoms with Gasteiger partial charge in [0, 0.05) is 11.6 Å². The van der Waals surface area contributed by atoms with Crippen LogP contribution in [0.5, 0.6) is 11.5 Å². The smallest absolute Gasteiger partial charge is 0.508 e. The minimum atomic E-state index is -0.718. The summed E-state index contributed by atoms with van der Waals surface area (Å²) in [6.45, 7) is 13.2. The Morgan fingerprint density at radius 3 is 1.51 bits per heavy atom. The predicted octanol–water partition coefficient (Wildman–Crippen LogP) is 6.81. The lowest BCUT2D eigenvalue weighted by Gasteiger charge is -2.17. The van der Waals surface area contributed by atoms with Gasteiger partial charge < -0.3 is 29.5 Å². The second-order valence-corrected chi connectivity index (χ2v) is 10.8. The molecule has 2 aromatic rings. The number of hydrogen-bond donors (Lipinski definition) is 3. The number of aromatic hydroxyl groups is 1. The Morgan fingerprint density at radius 2 is 1.14 bits per heavy atom. The summed E-state index contributed by atoms with van der Waals surface area (Å²) >= 11 is 4.95. The monoisotopic (exact) mass is 540 g/mol. The summed E-state index contributed by atoms with van der Waals surface area (Å²) in [6, 6.07) is 13.1. The summed E-state index contributed by atoms with van der Waals surface area (Å²) in [5, 5.41) is 26.2. The molecule has 0 unspecified atom stereocenters. The largest absolute Gasteiger partial charge is 0.513 e. The van der Waals surface area contributed by atoms with E-state index in [0.29, 0.717) is 19.0 Å². The molecule has 0 saturated carbocycles. The van der Waals surface area contributed by atoms with Crippen LogP contribution in [0.2, 0.25) is 0 Å². The Morgan fingerprint density at radius 1 is 0.730 bits per heavy atom. The van der Waals surface area contributed by atoms with Crippen LogP contribution in [-0.4, -0.2) is 40.1 Å². The third kappa shape index (κ3) is 21.0. The minimum Gasteiger partial charge on any atom is -0.508 e. The minimum absolute atomic E-state index is 0.0281. The Balaban J connectivity index is 0.000000577. The molecule has 0 aliphatic carbocycles. The molecule has 9 heteroatoms. The van der Waals surface area contributed by atoms with Gasteiger partial charge in [0.1, 0.15) is 11.5 Å². The molecule has 3 N–H and O–H groups in total. The first-order chi connectivity index (χ1) is 17.1. The van der Waals surface area contributed by atoms with E-state index in [0.717, 1.165) is 24.0 Å². The molecule has 0 aliphatic heterocycles.